The van der Waals surface area contributed by atoms with Gasteiger partial charge in [0.05, 0.1) is 11.2 Å². The third kappa shape index (κ3) is 2.48. The number of hydrogen-bond donors (Lipinski definition) is 1. The van der Waals surface area contributed by atoms with Crippen molar-refractivity contribution < 1.29 is 5.11 Å². The van der Waals surface area contributed by atoms with Crippen LogP contribution in [0.4, 0.5) is 11.4 Å². The number of nitrogens with zero attached hydrogens (tertiary/aromatic N) is 3. The van der Waals surface area contributed by atoms with Crippen LogP contribution in [-0.2, 0) is 6.54 Å². The van der Waals surface area contributed by atoms with Gasteiger partial charge in [-0.25, -0.2) is 0 Å². The van der Waals surface area contributed by atoms with Gasteiger partial charge in [-0.2, -0.15) is 5.11 Å². The van der Waals surface area contributed by atoms with Crippen LogP contribution in [0.5, 0.6) is 5.88 Å². The molecule has 3 rings (SSSR count). The Hall–Kier alpha value is -2.62. The third-order valence-electron chi connectivity index (χ3n) is 3.75. The first kappa shape index (κ1) is 14.3. The Morgan fingerprint density at radius 3 is 2.50 bits per heavy atom. The molecule has 0 radical (unpaired) electrons. The predicted molar refractivity (Wildman–Crippen MR) is 89.4 cm³/mol. The summed E-state index contributed by atoms with van der Waals surface area (Å²) in [5.41, 5.74) is 4.55. The molecule has 0 unspecified atom stereocenters. The molecule has 0 bridgehead atoms. The van der Waals surface area contributed by atoms with Gasteiger partial charge in [0.1, 0.15) is 0 Å². The molecule has 1 heterocycles. The van der Waals surface area contributed by atoms with Crippen molar-refractivity contribution in [2.45, 2.75) is 27.3 Å². The van der Waals surface area contributed by atoms with Crippen molar-refractivity contribution in [1.82, 2.24) is 4.57 Å². The van der Waals surface area contributed by atoms with Gasteiger partial charge < -0.3 is 9.67 Å². The SMILES string of the molecule is CCn1c(O)c(N=Nc2cccc(C)c2)c2cc(C)ccc21. The highest BCUT2D eigenvalue weighted by Gasteiger charge is 2.15. The summed E-state index contributed by atoms with van der Waals surface area (Å²) >= 11 is 0. The van der Waals surface area contributed by atoms with Gasteiger partial charge in [-0.05, 0) is 50.6 Å². The summed E-state index contributed by atoms with van der Waals surface area (Å²) in [5.74, 6) is 0.166. The summed E-state index contributed by atoms with van der Waals surface area (Å²) < 4.78 is 1.85. The van der Waals surface area contributed by atoms with Crippen LogP contribution in [0, 0.1) is 13.8 Å². The largest absolute Gasteiger partial charge is 0.493 e. The van der Waals surface area contributed by atoms with Crippen molar-refractivity contribution >= 4 is 22.3 Å². The van der Waals surface area contributed by atoms with Crippen molar-refractivity contribution in [3.05, 3.63) is 53.6 Å². The van der Waals surface area contributed by atoms with E-state index in [1.165, 1.54) is 0 Å². The number of hydrogen-bond acceptors (Lipinski definition) is 3. The van der Waals surface area contributed by atoms with Crippen LogP contribution in [0.25, 0.3) is 10.9 Å². The number of aromatic nitrogens is 1. The van der Waals surface area contributed by atoms with Gasteiger partial charge in [-0.15, -0.1) is 5.11 Å². The number of azo groups is 1. The fourth-order valence-corrected chi connectivity index (χ4v) is 2.65. The average Bonchev–Trinajstić information content (AvgIpc) is 2.76. The molecule has 0 fully saturated rings. The normalized spacial score (nSPS) is 11.6. The van der Waals surface area contributed by atoms with E-state index in [1.807, 2.05) is 67.8 Å². The van der Waals surface area contributed by atoms with Gasteiger partial charge in [0.15, 0.2) is 5.69 Å². The second-order valence-corrected chi connectivity index (χ2v) is 5.48. The van der Waals surface area contributed by atoms with E-state index in [0.29, 0.717) is 12.2 Å². The second-order valence-electron chi connectivity index (χ2n) is 5.48. The maximum atomic E-state index is 10.4. The molecule has 4 heteroatoms. The van der Waals surface area contributed by atoms with E-state index in [9.17, 15) is 5.11 Å². The second kappa shape index (κ2) is 5.64. The van der Waals surface area contributed by atoms with E-state index >= 15 is 0 Å². The van der Waals surface area contributed by atoms with E-state index in [2.05, 4.69) is 10.2 Å². The highest BCUT2D eigenvalue weighted by Crippen LogP contribution is 2.39. The zero-order chi connectivity index (χ0) is 15.7. The summed E-state index contributed by atoms with van der Waals surface area (Å²) in [7, 11) is 0. The van der Waals surface area contributed by atoms with Crippen LogP contribution in [0.1, 0.15) is 18.1 Å². The van der Waals surface area contributed by atoms with Gasteiger partial charge in [-0.1, -0.05) is 23.8 Å². The fourth-order valence-electron chi connectivity index (χ4n) is 2.65. The molecule has 0 atom stereocenters. The van der Waals surface area contributed by atoms with Gasteiger partial charge in [0.25, 0.3) is 0 Å². The summed E-state index contributed by atoms with van der Waals surface area (Å²) in [6.07, 6.45) is 0. The van der Waals surface area contributed by atoms with Crippen LogP contribution < -0.4 is 0 Å². The Morgan fingerprint density at radius 2 is 1.77 bits per heavy atom. The highest BCUT2D eigenvalue weighted by atomic mass is 16.3. The Labute approximate surface area is 129 Å². The summed E-state index contributed by atoms with van der Waals surface area (Å²) in [6.45, 7) is 6.73. The van der Waals surface area contributed by atoms with E-state index in [-0.39, 0.29) is 5.88 Å². The lowest BCUT2D eigenvalue weighted by Gasteiger charge is -2.01. The van der Waals surface area contributed by atoms with Crippen molar-refractivity contribution in [2.75, 3.05) is 0 Å². The number of aryl methyl sites for hydroxylation is 3. The minimum absolute atomic E-state index is 0.166. The molecule has 4 nitrogen and oxygen atoms in total. The predicted octanol–water partition coefficient (Wildman–Crippen LogP) is 5.40. The van der Waals surface area contributed by atoms with E-state index < -0.39 is 0 Å². The first-order valence-electron chi connectivity index (χ1n) is 7.40. The Kier molecular flexibility index (Phi) is 3.67. The van der Waals surface area contributed by atoms with Gasteiger partial charge in [0, 0.05) is 11.9 Å². The van der Waals surface area contributed by atoms with Crippen LogP contribution in [0.15, 0.2) is 52.7 Å². The lowest BCUT2D eigenvalue weighted by atomic mass is 10.1. The zero-order valence-corrected chi connectivity index (χ0v) is 13.0. The van der Waals surface area contributed by atoms with Crippen LogP contribution in [0.2, 0.25) is 0 Å². The van der Waals surface area contributed by atoms with Crippen LogP contribution in [0.3, 0.4) is 0 Å². The molecular formula is C18H19N3O. The maximum absolute atomic E-state index is 10.4. The first-order chi connectivity index (χ1) is 10.6. The van der Waals surface area contributed by atoms with E-state index in [4.69, 9.17) is 0 Å². The summed E-state index contributed by atoms with van der Waals surface area (Å²) in [4.78, 5) is 0. The van der Waals surface area contributed by atoms with Gasteiger partial charge in [-0.3, -0.25) is 0 Å². The Bertz CT molecular complexity index is 862. The first-order valence-corrected chi connectivity index (χ1v) is 7.40. The number of benzene rings is 2. The molecule has 0 aliphatic heterocycles. The lowest BCUT2D eigenvalue weighted by molar-refractivity contribution is 0.427. The highest BCUT2D eigenvalue weighted by molar-refractivity contribution is 5.95. The molecule has 1 N–H and O–H groups in total. The summed E-state index contributed by atoms with van der Waals surface area (Å²) in [5, 5.41) is 20.0. The molecular weight excluding hydrogens is 274 g/mol. The molecule has 0 saturated heterocycles. The molecule has 2 aromatic carbocycles. The molecule has 3 aromatic rings. The standard InChI is InChI=1S/C18H19N3O/c1-4-21-16-9-8-13(3)11-15(16)17(18(21)22)20-19-14-7-5-6-12(2)10-14/h5-11,22H,4H2,1-3H3. The minimum Gasteiger partial charge on any atom is -0.493 e. The molecule has 112 valence electrons. The van der Waals surface area contributed by atoms with Crippen LogP contribution in [-0.4, -0.2) is 9.67 Å². The lowest BCUT2D eigenvalue weighted by Crippen LogP contribution is -1.91. The summed E-state index contributed by atoms with van der Waals surface area (Å²) in [6, 6.07) is 13.9. The molecule has 0 aliphatic rings. The minimum atomic E-state index is 0.166. The van der Waals surface area contributed by atoms with Crippen molar-refractivity contribution in [3.63, 3.8) is 0 Å². The van der Waals surface area contributed by atoms with Crippen molar-refractivity contribution in [1.29, 1.82) is 0 Å². The number of aromatic hydroxyl groups is 1. The average molecular weight is 293 g/mol. The molecule has 22 heavy (non-hydrogen) atoms. The topological polar surface area (TPSA) is 49.9 Å². The zero-order valence-electron chi connectivity index (χ0n) is 13.0. The fraction of sp³-hybridized carbons (Fsp3) is 0.222. The monoisotopic (exact) mass is 293 g/mol. The molecule has 0 amide bonds. The molecule has 0 saturated carbocycles. The van der Waals surface area contributed by atoms with Crippen molar-refractivity contribution in [2.24, 2.45) is 10.2 Å². The number of fused-ring (bicyclic) bond motifs is 1. The van der Waals surface area contributed by atoms with Crippen molar-refractivity contribution in [3.8, 4) is 5.88 Å². The van der Waals surface area contributed by atoms with Crippen LogP contribution >= 0.6 is 0 Å². The number of rotatable bonds is 3. The quantitative estimate of drug-likeness (QED) is 0.646. The Balaban J connectivity index is 2.14. The van der Waals surface area contributed by atoms with Gasteiger partial charge >= 0.3 is 0 Å². The van der Waals surface area contributed by atoms with E-state index in [1.54, 1.807) is 0 Å². The third-order valence-corrected chi connectivity index (χ3v) is 3.75. The molecule has 0 aliphatic carbocycles. The van der Waals surface area contributed by atoms with Gasteiger partial charge in [0.2, 0.25) is 5.88 Å². The Morgan fingerprint density at radius 1 is 1.00 bits per heavy atom. The smallest absolute Gasteiger partial charge is 0.220 e. The van der Waals surface area contributed by atoms with E-state index in [0.717, 1.165) is 27.7 Å². The maximum Gasteiger partial charge on any atom is 0.220 e. The molecule has 1 aromatic heterocycles. The molecule has 0 spiro atoms.